The van der Waals surface area contributed by atoms with E-state index in [2.05, 4.69) is 14.9 Å². The maximum Gasteiger partial charge on any atom is 0.242 e. The predicted molar refractivity (Wildman–Crippen MR) is 66.0 cm³/mol. The maximum atomic E-state index is 12.8. The summed E-state index contributed by atoms with van der Waals surface area (Å²) < 4.78 is 42.5. The summed E-state index contributed by atoms with van der Waals surface area (Å²) in [5.41, 5.74) is 0.592. The number of halogens is 1. The highest BCUT2D eigenvalue weighted by Gasteiger charge is 2.12. The normalized spacial score (nSPS) is 11.7. The molecule has 0 saturated carbocycles. The fourth-order valence-corrected chi connectivity index (χ4v) is 1.86. The molecule has 2 aromatic rings. The van der Waals surface area contributed by atoms with Gasteiger partial charge in [0.05, 0.1) is 12.3 Å². The van der Waals surface area contributed by atoms with Crippen molar-refractivity contribution in [1.29, 1.82) is 0 Å². The fourth-order valence-electron chi connectivity index (χ4n) is 1.32. The summed E-state index contributed by atoms with van der Waals surface area (Å²) in [6, 6.07) is 5.59. The molecule has 0 aliphatic carbocycles. The van der Waals surface area contributed by atoms with Crippen LogP contribution in [-0.2, 0) is 16.6 Å². The van der Waals surface area contributed by atoms with E-state index in [-0.39, 0.29) is 29.8 Å². The average Bonchev–Trinajstić information content (AvgIpc) is 2.86. The van der Waals surface area contributed by atoms with Gasteiger partial charge in [0, 0.05) is 5.56 Å². The molecule has 6 nitrogen and oxygen atoms in total. The van der Waals surface area contributed by atoms with Gasteiger partial charge in [-0.3, -0.25) is 0 Å². The molecule has 0 aliphatic heterocycles. The molecule has 0 radical (unpaired) electrons. The van der Waals surface area contributed by atoms with Gasteiger partial charge in [-0.25, -0.2) is 17.5 Å². The molecule has 0 bridgehead atoms. The van der Waals surface area contributed by atoms with Crippen LogP contribution >= 0.6 is 0 Å². The van der Waals surface area contributed by atoms with Gasteiger partial charge in [-0.2, -0.15) is 4.98 Å². The topological polar surface area (TPSA) is 85.1 Å². The Morgan fingerprint density at radius 1 is 1.32 bits per heavy atom. The maximum absolute atomic E-state index is 12.8. The molecule has 1 aromatic heterocycles. The highest BCUT2D eigenvalue weighted by molar-refractivity contribution is 7.89. The van der Waals surface area contributed by atoms with Crippen molar-refractivity contribution in [2.75, 3.05) is 5.75 Å². The van der Waals surface area contributed by atoms with Gasteiger partial charge >= 0.3 is 0 Å². The summed E-state index contributed by atoms with van der Waals surface area (Å²) in [7, 11) is -3.31. The summed E-state index contributed by atoms with van der Waals surface area (Å²) in [4.78, 5) is 4.02. The third-order valence-electron chi connectivity index (χ3n) is 2.39. The van der Waals surface area contributed by atoms with Gasteiger partial charge in [0.2, 0.25) is 21.7 Å². The van der Waals surface area contributed by atoms with Crippen LogP contribution in [0.25, 0.3) is 11.4 Å². The van der Waals surface area contributed by atoms with Crippen LogP contribution in [0.4, 0.5) is 4.39 Å². The number of hydrogen-bond donors (Lipinski definition) is 1. The molecule has 2 rings (SSSR count). The average molecular weight is 285 g/mol. The summed E-state index contributed by atoms with van der Waals surface area (Å²) in [5, 5.41) is 3.70. The van der Waals surface area contributed by atoms with Gasteiger partial charge in [0.1, 0.15) is 5.82 Å². The molecular weight excluding hydrogens is 273 g/mol. The zero-order valence-electron chi connectivity index (χ0n) is 10.1. The molecular formula is C11H12FN3O3S. The van der Waals surface area contributed by atoms with Crippen molar-refractivity contribution in [2.24, 2.45) is 0 Å². The lowest BCUT2D eigenvalue weighted by atomic mass is 10.2. The van der Waals surface area contributed by atoms with E-state index in [1.54, 1.807) is 0 Å². The van der Waals surface area contributed by atoms with E-state index in [0.717, 1.165) is 0 Å². The van der Waals surface area contributed by atoms with Crippen LogP contribution in [0.15, 0.2) is 28.8 Å². The molecule has 1 aromatic carbocycles. The third-order valence-corrected chi connectivity index (χ3v) is 3.74. The Kier molecular flexibility index (Phi) is 3.91. The summed E-state index contributed by atoms with van der Waals surface area (Å²) in [5.74, 6) is 0.0524. The van der Waals surface area contributed by atoms with Crippen LogP contribution in [0.5, 0.6) is 0 Å². The Labute approximate surface area is 109 Å². The largest absolute Gasteiger partial charge is 0.338 e. The standard InChI is InChI=1S/C11H12FN3O3S/c1-2-19(16,17)13-7-10-14-11(15-18-10)8-3-5-9(12)6-4-8/h3-6,13H,2,7H2,1H3. The second kappa shape index (κ2) is 5.45. The second-order valence-corrected chi connectivity index (χ2v) is 5.84. The van der Waals surface area contributed by atoms with Gasteiger partial charge in [-0.1, -0.05) is 5.16 Å². The van der Waals surface area contributed by atoms with E-state index in [4.69, 9.17) is 4.52 Å². The minimum atomic E-state index is -3.31. The zero-order valence-corrected chi connectivity index (χ0v) is 10.9. The first-order valence-corrected chi connectivity index (χ1v) is 7.21. The minimum Gasteiger partial charge on any atom is -0.338 e. The molecule has 0 amide bonds. The molecule has 0 fully saturated rings. The predicted octanol–water partition coefficient (Wildman–Crippen LogP) is 1.32. The van der Waals surface area contributed by atoms with Gasteiger partial charge in [-0.05, 0) is 31.2 Å². The first kappa shape index (κ1) is 13.6. The monoisotopic (exact) mass is 285 g/mol. The van der Waals surface area contributed by atoms with Crippen molar-refractivity contribution in [2.45, 2.75) is 13.5 Å². The quantitative estimate of drug-likeness (QED) is 0.895. The van der Waals surface area contributed by atoms with Crippen molar-refractivity contribution in [3.05, 3.63) is 36.0 Å². The number of nitrogens with zero attached hydrogens (tertiary/aromatic N) is 2. The fraction of sp³-hybridized carbons (Fsp3) is 0.273. The Balaban J connectivity index is 2.09. The van der Waals surface area contributed by atoms with Crippen molar-refractivity contribution < 1.29 is 17.3 Å². The molecule has 0 atom stereocenters. The molecule has 0 saturated heterocycles. The van der Waals surface area contributed by atoms with Gasteiger partial charge in [0.15, 0.2) is 0 Å². The summed E-state index contributed by atoms with van der Waals surface area (Å²) in [6.07, 6.45) is 0. The number of aromatic nitrogens is 2. The molecule has 0 aliphatic rings. The summed E-state index contributed by atoms with van der Waals surface area (Å²) >= 11 is 0. The molecule has 1 N–H and O–H groups in total. The highest BCUT2D eigenvalue weighted by Crippen LogP contribution is 2.15. The van der Waals surface area contributed by atoms with E-state index >= 15 is 0 Å². The van der Waals surface area contributed by atoms with Crippen LogP contribution in [0.2, 0.25) is 0 Å². The minimum absolute atomic E-state index is 0.0219. The first-order valence-electron chi connectivity index (χ1n) is 5.56. The van der Waals surface area contributed by atoms with E-state index in [9.17, 15) is 12.8 Å². The Morgan fingerprint density at radius 3 is 2.63 bits per heavy atom. The lowest BCUT2D eigenvalue weighted by Gasteiger charge is -1.99. The number of benzene rings is 1. The smallest absolute Gasteiger partial charge is 0.242 e. The van der Waals surface area contributed by atoms with E-state index in [1.807, 2.05) is 0 Å². The van der Waals surface area contributed by atoms with Crippen LogP contribution in [-0.4, -0.2) is 24.3 Å². The molecule has 102 valence electrons. The Morgan fingerprint density at radius 2 is 2.00 bits per heavy atom. The molecule has 1 heterocycles. The number of hydrogen-bond acceptors (Lipinski definition) is 5. The molecule has 0 unspecified atom stereocenters. The SMILES string of the molecule is CCS(=O)(=O)NCc1nc(-c2ccc(F)cc2)no1. The van der Waals surface area contributed by atoms with Crippen LogP contribution in [0.3, 0.4) is 0 Å². The van der Waals surface area contributed by atoms with Gasteiger partial charge in [0.25, 0.3) is 0 Å². The van der Waals surface area contributed by atoms with Gasteiger partial charge in [-0.15, -0.1) is 0 Å². The summed E-state index contributed by atoms with van der Waals surface area (Å²) in [6.45, 7) is 1.46. The highest BCUT2D eigenvalue weighted by atomic mass is 32.2. The van der Waals surface area contributed by atoms with E-state index in [0.29, 0.717) is 5.56 Å². The molecule has 8 heteroatoms. The van der Waals surface area contributed by atoms with E-state index < -0.39 is 10.0 Å². The second-order valence-electron chi connectivity index (χ2n) is 3.74. The lowest BCUT2D eigenvalue weighted by molar-refractivity contribution is 0.376. The Hall–Kier alpha value is -1.80. The van der Waals surface area contributed by atoms with Crippen molar-refractivity contribution in [3.8, 4) is 11.4 Å². The first-order chi connectivity index (χ1) is 9.00. The van der Waals surface area contributed by atoms with Crippen molar-refractivity contribution in [1.82, 2.24) is 14.9 Å². The Bertz CT molecular complexity index is 652. The number of nitrogens with one attached hydrogen (secondary N) is 1. The van der Waals surface area contributed by atoms with Crippen molar-refractivity contribution >= 4 is 10.0 Å². The third kappa shape index (κ3) is 3.58. The van der Waals surface area contributed by atoms with E-state index in [1.165, 1.54) is 31.2 Å². The van der Waals surface area contributed by atoms with Crippen LogP contribution < -0.4 is 4.72 Å². The van der Waals surface area contributed by atoms with Gasteiger partial charge < -0.3 is 4.52 Å². The van der Waals surface area contributed by atoms with Crippen LogP contribution in [0.1, 0.15) is 12.8 Å². The molecule has 19 heavy (non-hydrogen) atoms. The molecule has 0 spiro atoms. The number of rotatable bonds is 5. The number of sulfonamides is 1. The van der Waals surface area contributed by atoms with Crippen LogP contribution in [0, 0.1) is 5.82 Å². The zero-order chi connectivity index (χ0) is 13.9. The lowest BCUT2D eigenvalue weighted by Crippen LogP contribution is -2.24. The van der Waals surface area contributed by atoms with Crippen molar-refractivity contribution in [3.63, 3.8) is 0 Å².